The van der Waals surface area contributed by atoms with Crippen LogP contribution < -0.4 is 10.2 Å². The Morgan fingerprint density at radius 2 is 1.83 bits per heavy atom. The van der Waals surface area contributed by atoms with Crippen LogP contribution >= 0.6 is 0 Å². The summed E-state index contributed by atoms with van der Waals surface area (Å²) < 4.78 is 0. The van der Waals surface area contributed by atoms with E-state index in [2.05, 4.69) is 36.2 Å². The van der Waals surface area contributed by atoms with E-state index in [0.717, 1.165) is 13.0 Å². The van der Waals surface area contributed by atoms with Crippen LogP contribution in [0.2, 0.25) is 0 Å². The van der Waals surface area contributed by atoms with Gasteiger partial charge in [0.05, 0.1) is 12.4 Å². The number of rotatable bonds is 6. The molecule has 0 atom stereocenters. The van der Waals surface area contributed by atoms with Crippen LogP contribution in [-0.4, -0.2) is 63.5 Å². The lowest BCUT2D eigenvalue weighted by Crippen LogP contribution is -2.49. The number of nitrogens with zero attached hydrogens (tertiary/aromatic N) is 6. The Balaban J connectivity index is 1.25. The van der Waals surface area contributed by atoms with Crippen molar-refractivity contribution in [2.75, 3.05) is 42.9 Å². The van der Waals surface area contributed by atoms with Crippen molar-refractivity contribution in [3.8, 4) is 0 Å². The fourth-order valence-electron chi connectivity index (χ4n) is 3.74. The molecule has 2 aromatic heterocycles. The molecule has 2 aliphatic rings. The van der Waals surface area contributed by atoms with E-state index >= 15 is 0 Å². The van der Waals surface area contributed by atoms with Crippen LogP contribution in [0.15, 0.2) is 42.5 Å². The lowest BCUT2D eigenvalue weighted by molar-refractivity contribution is 0.0740. The second-order valence-electron chi connectivity index (χ2n) is 7.40. The molecule has 4 rings (SSSR count). The van der Waals surface area contributed by atoms with Crippen molar-refractivity contribution >= 4 is 17.7 Å². The van der Waals surface area contributed by atoms with Gasteiger partial charge in [-0.1, -0.05) is 11.6 Å². The van der Waals surface area contributed by atoms with E-state index in [1.54, 1.807) is 30.9 Å². The number of nitrogens with one attached hydrogen (secondary N) is 1. The maximum Gasteiger partial charge on any atom is 0.274 e. The quantitative estimate of drug-likeness (QED) is 0.755. The first kappa shape index (κ1) is 19.3. The summed E-state index contributed by atoms with van der Waals surface area (Å²) in [4.78, 5) is 33.9. The highest BCUT2D eigenvalue weighted by atomic mass is 16.2. The van der Waals surface area contributed by atoms with Gasteiger partial charge < -0.3 is 15.1 Å². The zero-order valence-electron chi connectivity index (χ0n) is 16.6. The fraction of sp³-hybridized carbons (Fsp3) is 0.476. The van der Waals surface area contributed by atoms with Gasteiger partial charge in [-0.25, -0.2) is 19.9 Å². The number of hydrogen-bond donors (Lipinski definition) is 1. The van der Waals surface area contributed by atoms with Crippen LogP contribution in [0.3, 0.4) is 0 Å². The van der Waals surface area contributed by atoms with Gasteiger partial charge in [0, 0.05) is 45.1 Å². The van der Waals surface area contributed by atoms with Gasteiger partial charge >= 0.3 is 0 Å². The number of aromatic nitrogens is 4. The van der Waals surface area contributed by atoms with Crippen LogP contribution in [0.4, 0.5) is 11.8 Å². The molecule has 152 valence electrons. The molecule has 0 aromatic carbocycles. The van der Waals surface area contributed by atoms with Crippen molar-refractivity contribution in [3.63, 3.8) is 0 Å². The molecule has 8 nitrogen and oxygen atoms in total. The minimum atomic E-state index is -0.0787. The summed E-state index contributed by atoms with van der Waals surface area (Å²) in [5.74, 6) is 1.34. The molecule has 0 bridgehead atoms. The summed E-state index contributed by atoms with van der Waals surface area (Å²) in [5.41, 5.74) is 1.92. The van der Waals surface area contributed by atoms with Crippen LogP contribution in [0.1, 0.15) is 42.6 Å². The molecular formula is C21H27N7O. The van der Waals surface area contributed by atoms with E-state index in [9.17, 15) is 4.79 Å². The molecule has 1 aliphatic carbocycles. The van der Waals surface area contributed by atoms with E-state index in [0.29, 0.717) is 43.6 Å². The molecular weight excluding hydrogens is 366 g/mol. The number of anilines is 2. The maximum absolute atomic E-state index is 12.7. The number of carbonyl (C=O) groups excluding carboxylic acids is 1. The molecule has 1 aliphatic heterocycles. The van der Waals surface area contributed by atoms with E-state index in [-0.39, 0.29) is 5.91 Å². The van der Waals surface area contributed by atoms with E-state index in [1.807, 2.05) is 4.90 Å². The molecule has 1 saturated heterocycles. The van der Waals surface area contributed by atoms with Crippen molar-refractivity contribution in [1.82, 2.24) is 24.8 Å². The SMILES string of the molecule is O=C(c1cnc(NCCC2=CCCCC2)cn1)N1CCN(c2ncccn2)CC1. The summed E-state index contributed by atoms with van der Waals surface area (Å²) in [7, 11) is 0. The fourth-order valence-corrected chi connectivity index (χ4v) is 3.74. The molecule has 0 spiro atoms. The van der Waals surface area contributed by atoms with Crippen LogP contribution in [0.5, 0.6) is 0 Å². The predicted octanol–water partition coefficient (Wildman–Crippen LogP) is 2.53. The Bertz CT molecular complexity index is 830. The highest BCUT2D eigenvalue weighted by Crippen LogP contribution is 2.20. The normalized spacial score (nSPS) is 17.0. The van der Waals surface area contributed by atoms with Gasteiger partial charge in [-0.05, 0) is 38.2 Å². The standard InChI is InChI=1S/C21H27N7O/c29-20(27-11-13-28(14-12-27)21-23-8-4-9-24-21)18-15-26-19(16-25-18)22-10-7-17-5-2-1-3-6-17/h4-5,8-9,15-16H,1-3,6-7,10-14H2,(H,22,26). The molecule has 2 aromatic rings. The molecule has 1 N–H and O–H groups in total. The molecule has 1 amide bonds. The van der Waals surface area contributed by atoms with E-state index in [1.165, 1.54) is 31.3 Å². The summed E-state index contributed by atoms with van der Waals surface area (Å²) in [5, 5.41) is 3.30. The average Bonchev–Trinajstić information content (AvgIpc) is 2.80. The highest BCUT2D eigenvalue weighted by Gasteiger charge is 2.24. The number of amides is 1. The minimum Gasteiger partial charge on any atom is -0.368 e. The van der Waals surface area contributed by atoms with Crippen molar-refractivity contribution in [3.05, 3.63) is 48.2 Å². The molecule has 3 heterocycles. The molecule has 0 unspecified atom stereocenters. The zero-order chi connectivity index (χ0) is 19.9. The summed E-state index contributed by atoms with van der Waals surface area (Å²) in [6.07, 6.45) is 15.1. The minimum absolute atomic E-state index is 0.0787. The monoisotopic (exact) mass is 393 g/mol. The Kier molecular flexibility index (Phi) is 6.29. The summed E-state index contributed by atoms with van der Waals surface area (Å²) in [6.45, 7) is 3.50. The maximum atomic E-state index is 12.7. The number of hydrogen-bond acceptors (Lipinski definition) is 7. The first-order chi connectivity index (χ1) is 14.3. The van der Waals surface area contributed by atoms with Crippen LogP contribution in [-0.2, 0) is 0 Å². The second kappa shape index (κ2) is 9.45. The third-order valence-electron chi connectivity index (χ3n) is 5.41. The van der Waals surface area contributed by atoms with Gasteiger partial charge in [-0.2, -0.15) is 0 Å². The van der Waals surface area contributed by atoms with Gasteiger partial charge in [0.2, 0.25) is 5.95 Å². The number of carbonyl (C=O) groups is 1. The van der Waals surface area contributed by atoms with Crippen molar-refractivity contribution in [1.29, 1.82) is 0 Å². The Hall–Kier alpha value is -3.03. The topological polar surface area (TPSA) is 87.1 Å². The zero-order valence-corrected chi connectivity index (χ0v) is 16.6. The molecule has 8 heteroatoms. The molecule has 0 radical (unpaired) electrons. The van der Waals surface area contributed by atoms with E-state index in [4.69, 9.17) is 0 Å². The Labute approximate surface area is 171 Å². The Morgan fingerprint density at radius 1 is 1.00 bits per heavy atom. The molecule has 0 saturated carbocycles. The molecule has 1 fully saturated rings. The number of allylic oxidation sites excluding steroid dienone is 1. The van der Waals surface area contributed by atoms with E-state index < -0.39 is 0 Å². The largest absolute Gasteiger partial charge is 0.368 e. The third kappa shape index (κ3) is 5.07. The lowest BCUT2D eigenvalue weighted by Gasteiger charge is -2.34. The summed E-state index contributed by atoms with van der Waals surface area (Å²) in [6, 6.07) is 1.80. The van der Waals surface area contributed by atoms with Crippen molar-refractivity contribution in [2.24, 2.45) is 0 Å². The lowest BCUT2D eigenvalue weighted by atomic mass is 9.97. The van der Waals surface area contributed by atoms with Crippen LogP contribution in [0.25, 0.3) is 0 Å². The van der Waals surface area contributed by atoms with Crippen molar-refractivity contribution < 1.29 is 4.79 Å². The first-order valence-electron chi connectivity index (χ1n) is 10.3. The van der Waals surface area contributed by atoms with Gasteiger partial charge in [0.25, 0.3) is 5.91 Å². The third-order valence-corrected chi connectivity index (χ3v) is 5.41. The highest BCUT2D eigenvalue weighted by molar-refractivity contribution is 5.92. The predicted molar refractivity (Wildman–Crippen MR) is 112 cm³/mol. The summed E-state index contributed by atoms with van der Waals surface area (Å²) >= 11 is 0. The number of piperazine rings is 1. The van der Waals surface area contributed by atoms with Gasteiger partial charge in [0.15, 0.2) is 0 Å². The second-order valence-corrected chi connectivity index (χ2v) is 7.40. The van der Waals surface area contributed by atoms with Crippen molar-refractivity contribution in [2.45, 2.75) is 32.1 Å². The average molecular weight is 393 g/mol. The van der Waals surface area contributed by atoms with Gasteiger partial charge in [-0.3, -0.25) is 4.79 Å². The smallest absolute Gasteiger partial charge is 0.274 e. The van der Waals surface area contributed by atoms with Gasteiger partial charge in [0.1, 0.15) is 11.5 Å². The van der Waals surface area contributed by atoms with Gasteiger partial charge in [-0.15, -0.1) is 0 Å². The molecule has 29 heavy (non-hydrogen) atoms. The van der Waals surface area contributed by atoms with Crippen LogP contribution in [0, 0.1) is 0 Å². The first-order valence-corrected chi connectivity index (χ1v) is 10.3. The Morgan fingerprint density at radius 3 is 2.52 bits per heavy atom.